The van der Waals surface area contributed by atoms with Crippen molar-refractivity contribution < 1.29 is 22.7 Å². The van der Waals surface area contributed by atoms with Crippen LogP contribution in [0.5, 0.6) is 0 Å². The van der Waals surface area contributed by atoms with Crippen LogP contribution in [0, 0.1) is 11.2 Å². The first-order valence-electron chi connectivity index (χ1n) is 5.85. The van der Waals surface area contributed by atoms with E-state index in [1.54, 1.807) is 20.8 Å². The molecule has 1 aromatic carbocycles. The van der Waals surface area contributed by atoms with Crippen molar-refractivity contribution in [2.75, 3.05) is 0 Å². The first-order chi connectivity index (χ1) is 8.85. The van der Waals surface area contributed by atoms with Crippen LogP contribution in [0.4, 0.5) is 17.6 Å². The van der Waals surface area contributed by atoms with Crippen LogP contribution in [0.3, 0.4) is 0 Å². The monoisotopic (exact) mass is 349 g/mol. The highest BCUT2D eigenvalue weighted by atomic mass is 35.5. The Morgan fingerprint density at radius 1 is 1.19 bits per heavy atom. The fourth-order valence-electron chi connectivity index (χ4n) is 1.73. The number of aliphatic hydroxyl groups excluding tert-OH is 1. The van der Waals surface area contributed by atoms with Gasteiger partial charge in [-0.15, -0.1) is 12.4 Å². The van der Waals surface area contributed by atoms with Gasteiger partial charge in [0.1, 0.15) is 5.82 Å². The number of hydrogen-bond donors (Lipinski definition) is 2. The zero-order chi connectivity index (χ0) is 15.9. The summed E-state index contributed by atoms with van der Waals surface area (Å²) in [6.45, 7) is 4.93. The van der Waals surface area contributed by atoms with Gasteiger partial charge in [0, 0.05) is 5.56 Å². The van der Waals surface area contributed by atoms with Crippen LogP contribution in [0.15, 0.2) is 12.1 Å². The molecule has 2 nitrogen and oxygen atoms in total. The molecule has 2 atom stereocenters. The molecule has 8 heteroatoms. The summed E-state index contributed by atoms with van der Waals surface area (Å²) in [5, 5.41) is 9.33. The van der Waals surface area contributed by atoms with E-state index in [2.05, 4.69) is 0 Å². The van der Waals surface area contributed by atoms with Crippen LogP contribution in [0.2, 0.25) is 5.02 Å². The molecule has 0 aliphatic rings. The maximum atomic E-state index is 13.9. The van der Waals surface area contributed by atoms with Gasteiger partial charge < -0.3 is 10.8 Å². The number of alkyl halides is 3. The molecule has 21 heavy (non-hydrogen) atoms. The predicted octanol–water partition coefficient (Wildman–Crippen LogP) is 4.33. The fraction of sp³-hybridized carbons (Fsp3) is 0.538. The molecule has 0 aliphatic heterocycles. The summed E-state index contributed by atoms with van der Waals surface area (Å²) in [6, 6.07) is -0.230. The number of nitrogens with two attached hydrogens (primary N) is 1. The second kappa shape index (κ2) is 6.69. The predicted molar refractivity (Wildman–Crippen MR) is 76.1 cm³/mol. The number of hydrogen-bond acceptors (Lipinski definition) is 2. The van der Waals surface area contributed by atoms with E-state index >= 15 is 0 Å². The molecular formula is C13H17Cl2F4NO. The molecule has 3 N–H and O–H groups in total. The van der Waals surface area contributed by atoms with E-state index in [0.717, 1.165) is 0 Å². The third-order valence-corrected chi connectivity index (χ3v) is 3.25. The third-order valence-electron chi connectivity index (χ3n) is 2.97. The Morgan fingerprint density at radius 2 is 1.67 bits per heavy atom. The van der Waals surface area contributed by atoms with E-state index in [1.807, 2.05) is 0 Å². The molecular weight excluding hydrogens is 333 g/mol. The van der Waals surface area contributed by atoms with Gasteiger partial charge in [-0.25, -0.2) is 4.39 Å². The molecule has 0 radical (unpaired) electrons. The van der Waals surface area contributed by atoms with Crippen LogP contribution in [-0.2, 0) is 6.18 Å². The largest absolute Gasteiger partial charge is 0.416 e. The SMILES string of the molecule is CC(C)(C)[C@H](O)[C@H](N)c1cc(C(F)(F)F)cc(Cl)c1F.Cl. The molecule has 0 heterocycles. The third kappa shape index (κ3) is 4.71. The first-order valence-corrected chi connectivity index (χ1v) is 6.23. The number of rotatable bonds is 2. The number of aliphatic hydroxyl groups is 1. The van der Waals surface area contributed by atoms with Crippen LogP contribution in [0.1, 0.15) is 37.9 Å². The van der Waals surface area contributed by atoms with E-state index in [-0.39, 0.29) is 12.4 Å². The molecule has 0 bridgehead atoms. The lowest BCUT2D eigenvalue weighted by Gasteiger charge is -2.31. The standard InChI is InChI=1S/C13H16ClF4NO.ClH/c1-12(2,3)11(20)10(19)7-4-6(13(16,17)18)5-8(14)9(7)15;/h4-5,10-11,20H,19H2,1-3H3;1H/t10-,11-;/m1./s1. The molecule has 0 saturated carbocycles. The summed E-state index contributed by atoms with van der Waals surface area (Å²) in [7, 11) is 0. The second-order valence-corrected chi connectivity index (χ2v) is 6.10. The molecule has 0 unspecified atom stereocenters. The minimum atomic E-state index is -4.67. The molecule has 1 rings (SSSR count). The molecule has 0 fully saturated rings. The Labute approximate surface area is 131 Å². The van der Waals surface area contributed by atoms with Gasteiger partial charge in [-0.2, -0.15) is 13.2 Å². The first kappa shape index (κ1) is 20.4. The highest BCUT2D eigenvalue weighted by molar-refractivity contribution is 6.30. The number of halogens is 6. The Morgan fingerprint density at radius 3 is 2.05 bits per heavy atom. The van der Waals surface area contributed by atoms with E-state index in [0.29, 0.717) is 12.1 Å². The summed E-state index contributed by atoms with van der Waals surface area (Å²) in [5.41, 5.74) is 3.42. The van der Waals surface area contributed by atoms with Crippen molar-refractivity contribution in [3.05, 3.63) is 34.1 Å². The minimum Gasteiger partial charge on any atom is -0.391 e. The molecule has 0 aromatic heterocycles. The van der Waals surface area contributed by atoms with Gasteiger partial charge in [-0.1, -0.05) is 32.4 Å². The zero-order valence-electron chi connectivity index (χ0n) is 11.6. The van der Waals surface area contributed by atoms with Crippen molar-refractivity contribution in [3.8, 4) is 0 Å². The minimum absolute atomic E-state index is 0. The van der Waals surface area contributed by atoms with Gasteiger partial charge in [0.05, 0.1) is 22.7 Å². The van der Waals surface area contributed by atoms with E-state index in [9.17, 15) is 22.7 Å². The van der Waals surface area contributed by atoms with Gasteiger partial charge in [-0.3, -0.25) is 0 Å². The van der Waals surface area contributed by atoms with Crippen LogP contribution in [0.25, 0.3) is 0 Å². The lowest BCUT2D eigenvalue weighted by atomic mass is 9.82. The van der Waals surface area contributed by atoms with Crippen molar-refractivity contribution in [3.63, 3.8) is 0 Å². The van der Waals surface area contributed by atoms with Crippen molar-refractivity contribution in [1.82, 2.24) is 0 Å². The highest BCUT2D eigenvalue weighted by Gasteiger charge is 2.36. The van der Waals surface area contributed by atoms with Crippen LogP contribution in [-0.4, -0.2) is 11.2 Å². The van der Waals surface area contributed by atoms with Crippen molar-refractivity contribution in [1.29, 1.82) is 0 Å². The lowest BCUT2D eigenvalue weighted by Crippen LogP contribution is -2.37. The summed E-state index contributed by atoms with van der Waals surface area (Å²) in [4.78, 5) is 0. The van der Waals surface area contributed by atoms with Gasteiger partial charge >= 0.3 is 6.18 Å². The van der Waals surface area contributed by atoms with Gasteiger partial charge in [0.2, 0.25) is 0 Å². The summed E-state index contributed by atoms with van der Waals surface area (Å²) < 4.78 is 52.0. The van der Waals surface area contributed by atoms with E-state index in [4.69, 9.17) is 17.3 Å². The van der Waals surface area contributed by atoms with Crippen molar-refractivity contribution >= 4 is 24.0 Å². The maximum Gasteiger partial charge on any atom is 0.416 e. The topological polar surface area (TPSA) is 46.2 Å². The van der Waals surface area contributed by atoms with Gasteiger partial charge in [0.25, 0.3) is 0 Å². The van der Waals surface area contributed by atoms with E-state index in [1.165, 1.54) is 0 Å². The van der Waals surface area contributed by atoms with Gasteiger partial charge in [-0.05, 0) is 17.5 Å². The Balaban J connectivity index is 0.00000400. The van der Waals surface area contributed by atoms with Crippen LogP contribution >= 0.6 is 24.0 Å². The fourth-order valence-corrected chi connectivity index (χ4v) is 1.95. The Kier molecular flexibility index (Phi) is 6.51. The van der Waals surface area contributed by atoms with Crippen molar-refractivity contribution in [2.45, 2.75) is 39.1 Å². The molecule has 122 valence electrons. The van der Waals surface area contributed by atoms with E-state index < -0.39 is 45.7 Å². The maximum absolute atomic E-state index is 13.9. The smallest absolute Gasteiger partial charge is 0.391 e. The lowest BCUT2D eigenvalue weighted by molar-refractivity contribution is -0.137. The second-order valence-electron chi connectivity index (χ2n) is 5.70. The Hall–Kier alpha value is -0.560. The zero-order valence-corrected chi connectivity index (χ0v) is 13.2. The van der Waals surface area contributed by atoms with Crippen molar-refractivity contribution in [2.24, 2.45) is 11.1 Å². The summed E-state index contributed by atoms with van der Waals surface area (Å²) in [6.07, 6.45) is -5.89. The highest BCUT2D eigenvalue weighted by Crippen LogP contribution is 2.37. The quantitative estimate of drug-likeness (QED) is 0.780. The molecule has 0 amide bonds. The average Bonchev–Trinajstić information content (AvgIpc) is 2.28. The van der Waals surface area contributed by atoms with Gasteiger partial charge in [0.15, 0.2) is 0 Å². The Bertz CT molecular complexity index is 500. The summed E-state index contributed by atoms with van der Waals surface area (Å²) >= 11 is 5.48. The molecule has 0 aliphatic carbocycles. The molecule has 0 saturated heterocycles. The normalized spacial score (nSPS) is 15.3. The van der Waals surface area contributed by atoms with Crippen LogP contribution < -0.4 is 5.73 Å². The average molecular weight is 350 g/mol. The summed E-state index contributed by atoms with van der Waals surface area (Å²) in [5.74, 6) is -1.05. The molecule has 0 spiro atoms. The number of benzene rings is 1. The molecule has 1 aromatic rings.